The van der Waals surface area contributed by atoms with Crippen molar-refractivity contribution in [2.75, 3.05) is 13.1 Å². The van der Waals surface area contributed by atoms with Crippen molar-refractivity contribution in [3.05, 3.63) is 40.3 Å². The van der Waals surface area contributed by atoms with E-state index in [9.17, 15) is 9.59 Å². The first-order chi connectivity index (χ1) is 11.7. The second-order valence-corrected chi connectivity index (χ2v) is 6.84. The summed E-state index contributed by atoms with van der Waals surface area (Å²) < 4.78 is 0. The molecule has 2 saturated heterocycles. The number of rotatable bonds is 4. The first kappa shape index (κ1) is 15.3. The van der Waals surface area contributed by atoms with E-state index in [2.05, 4.69) is 15.5 Å². The Labute approximate surface area is 140 Å². The molecule has 2 atom stereocenters. The zero-order valence-corrected chi connectivity index (χ0v) is 13.6. The summed E-state index contributed by atoms with van der Waals surface area (Å²) in [5.41, 5.74) is 0.695. The van der Waals surface area contributed by atoms with Crippen LogP contribution in [-0.2, 0) is 11.2 Å². The van der Waals surface area contributed by atoms with Crippen LogP contribution < -0.4 is 10.9 Å². The lowest BCUT2D eigenvalue weighted by atomic mass is 10.1. The number of aromatic nitrogens is 2. The zero-order chi connectivity index (χ0) is 16.5. The molecule has 0 aliphatic carbocycles. The lowest BCUT2D eigenvalue weighted by Gasteiger charge is -2.33. The average Bonchev–Trinajstić information content (AvgIpc) is 2.95. The molecule has 2 aliphatic rings. The van der Waals surface area contributed by atoms with Crippen LogP contribution in [0, 0.1) is 0 Å². The molecule has 0 saturated carbocycles. The molecule has 0 spiro atoms. The molecule has 0 radical (unpaired) electrons. The summed E-state index contributed by atoms with van der Waals surface area (Å²) in [5, 5.41) is 11.8. The van der Waals surface area contributed by atoms with E-state index >= 15 is 0 Å². The van der Waals surface area contributed by atoms with Crippen molar-refractivity contribution in [1.82, 2.24) is 20.4 Å². The highest BCUT2D eigenvalue weighted by molar-refractivity contribution is 5.83. The number of H-pyrrole nitrogens is 1. The van der Waals surface area contributed by atoms with Crippen LogP contribution >= 0.6 is 0 Å². The number of hydrogen-bond donors (Lipinski definition) is 2. The van der Waals surface area contributed by atoms with Gasteiger partial charge in [0.2, 0.25) is 5.91 Å². The Bertz CT molecular complexity index is 804. The Hall–Kier alpha value is -2.21. The van der Waals surface area contributed by atoms with Crippen LogP contribution in [0.15, 0.2) is 29.1 Å². The smallest absolute Gasteiger partial charge is 0.272 e. The van der Waals surface area contributed by atoms with Gasteiger partial charge in [0.1, 0.15) is 0 Å². The van der Waals surface area contributed by atoms with Gasteiger partial charge in [-0.05, 0) is 31.7 Å². The van der Waals surface area contributed by atoms with Crippen LogP contribution in [0.25, 0.3) is 10.8 Å². The van der Waals surface area contributed by atoms with Crippen LogP contribution in [0.5, 0.6) is 0 Å². The molecule has 3 heterocycles. The molecule has 2 fully saturated rings. The topological polar surface area (TPSA) is 78.1 Å². The summed E-state index contributed by atoms with van der Waals surface area (Å²) in [6.07, 6.45) is 4.35. The van der Waals surface area contributed by atoms with Crippen molar-refractivity contribution in [3.63, 3.8) is 0 Å². The zero-order valence-electron chi connectivity index (χ0n) is 13.6. The minimum Gasteiger partial charge on any atom is -0.340 e. The Kier molecular flexibility index (Phi) is 4.06. The van der Waals surface area contributed by atoms with E-state index in [-0.39, 0.29) is 11.5 Å². The summed E-state index contributed by atoms with van der Waals surface area (Å²) in [4.78, 5) is 26.3. The van der Waals surface area contributed by atoms with E-state index in [4.69, 9.17) is 0 Å². The molecular formula is C18H22N4O2. The molecule has 2 N–H and O–H groups in total. The second-order valence-electron chi connectivity index (χ2n) is 6.84. The summed E-state index contributed by atoms with van der Waals surface area (Å²) >= 11 is 0. The Morgan fingerprint density at radius 1 is 1.17 bits per heavy atom. The van der Waals surface area contributed by atoms with E-state index in [1.54, 1.807) is 6.07 Å². The van der Waals surface area contributed by atoms with Crippen molar-refractivity contribution in [2.24, 2.45) is 0 Å². The van der Waals surface area contributed by atoms with Crippen LogP contribution in [0.2, 0.25) is 0 Å². The number of carbonyl (C=O) groups is 1. The van der Waals surface area contributed by atoms with Crippen molar-refractivity contribution < 1.29 is 4.79 Å². The number of piperazine rings is 1. The van der Waals surface area contributed by atoms with Gasteiger partial charge in [0.25, 0.3) is 5.56 Å². The van der Waals surface area contributed by atoms with E-state index in [0.29, 0.717) is 30.3 Å². The lowest BCUT2D eigenvalue weighted by molar-refractivity contribution is -0.132. The minimum absolute atomic E-state index is 0.165. The molecule has 6 heteroatoms. The highest BCUT2D eigenvalue weighted by atomic mass is 16.2. The van der Waals surface area contributed by atoms with Crippen molar-refractivity contribution >= 4 is 16.7 Å². The maximum Gasteiger partial charge on any atom is 0.272 e. The molecule has 2 aliphatic heterocycles. The number of hydrogen-bond acceptors (Lipinski definition) is 4. The highest BCUT2D eigenvalue weighted by Crippen LogP contribution is 2.21. The molecule has 2 aromatic rings. The number of amides is 1. The van der Waals surface area contributed by atoms with Gasteiger partial charge in [-0.2, -0.15) is 5.10 Å². The second kappa shape index (κ2) is 6.36. The number of fused-ring (bicyclic) bond motifs is 3. The number of benzene rings is 1. The summed E-state index contributed by atoms with van der Waals surface area (Å²) in [6.45, 7) is 1.68. The maximum absolute atomic E-state index is 12.4. The largest absolute Gasteiger partial charge is 0.340 e. The van der Waals surface area contributed by atoms with Gasteiger partial charge in [-0.15, -0.1) is 0 Å². The highest BCUT2D eigenvalue weighted by Gasteiger charge is 2.33. The Balaban J connectivity index is 1.38. The van der Waals surface area contributed by atoms with Gasteiger partial charge in [-0.3, -0.25) is 9.59 Å². The van der Waals surface area contributed by atoms with Crippen LogP contribution in [0.3, 0.4) is 0 Å². The predicted octanol–water partition coefficient (Wildman–Crippen LogP) is 1.21. The number of nitrogens with zero attached hydrogens (tertiary/aromatic N) is 2. The van der Waals surface area contributed by atoms with Crippen LogP contribution in [0.4, 0.5) is 0 Å². The fraction of sp³-hybridized carbons (Fsp3) is 0.500. The minimum atomic E-state index is -0.165. The monoisotopic (exact) mass is 326 g/mol. The Morgan fingerprint density at radius 2 is 1.88 bits per heavy atom. The molecule has 24 heavy (non-hydrogen) atoms. The van der Waals surface area contributed by atoms with E-state index in [1.165, 1.54) is 12.8 Å². The van der Waals surface area contributed by atoms with Crippen molar-refractivity contribution in [3.8, 4) is 0 Å². The molecule has 4 rings (SSSR count). The fourth-order valence-electron chi connectivity index (χ4n) is 3.93. The lowest BCUT2D eigenvalue weighted by Crippen LogP contribution is -2.53. The van der Waals surface area contributed by atoms with E-state index in [0.717, 1.165) is 30.6 Å². The van der Waals surface area contributed by atoms with Gasteiger partial charge in [0, 0.05) is 37.0 Å². The molecule has 6 nitrogen and oxygen atoms in total. The standard InChI is InChI=1S/C18H22N4O2/c23-17(22-10-12-8-9-13(11-22)19-12)7-3-6-16-14-4-1-2-5-15(14)18(24)21-20-16/h1-2,4-5,12-13,19H,3,6-11H2,(H,21,24). The van der Waals surface area contributed by atoms with Gasteiger partial charge in [0.05, 0.1) is 11.1 Å². The first-order valence-corrected chi connectivity index (χ1v) is 8.71. The van der Waals surface area contributed by atoms with E-state index in [1.807, 2.05) is 23.1 Å². The van der Waals surface area contributed by atoms with Crippen molar-refractivity contribution in [2.45, 2.75) is 44.2 Å². The fourth-order valence-corrected chi connectivity index (χ4v) is 3.93. The molecule has 2 bridgehead atoms. The van der Waals surface area contributed by atoms with Crippen LogP contribution in [0.1, 0.15) is 31.4 Å². The maximum atomic E-state index is 12.4. The molecule has 126 valence electrons. The normalized spacial score (nSPS) is 22.9. The number of nitrogens with one attached hydrogen (secondary N) is 2. The molecule has 1 amide bonds. The van der Waals surface area contributed by atoms with Gasteiger partial charge in [0.15, 0.2) is 0 Å². The van der Waals surface area contributed by atoms with E-state index < -0.39 is 0 Å². The predicted molar refractivity (Wildman–Crippen MR) is 91.8 cm³/mol. The first-order valence-electron chi connectivity index (χ1n) is 8.71. The summed E-state index contributed by atoms with van der Waals surface area (Å²) in [6, 6.07) is 8.46. The van der Waals surface area contributed by atoms with Crippen molar-refractivity contribution in [1.29, 1.82) is 0 Å². The quantitative estimate of drug-likeness (QED) is 0.885. The van der Waals surface area contributed by atoms with Crippen LogP contribution in [-0.4, -0.2) is 46.2 Å². The van der Waals surface area contributed by atoms with Gasteiger partial charge >= 0.3 is 0 Å². The number of carbonyl (C=O) groups excluding carboxylic acids is 1. The number of aromatic amines is 1. The number of aryl methyl sites for hydroxylation is 1. The third kappa shape index (κ3) is 2.94. The molecule has 1 aromatic heterocycles. The summed E-state index contributed by atoms with van der Waals surface area (Å²) in [7, 11) is 0. The average molecular weight is 326 g/mol. The Morgan fingerprint density at radius 3 is 2.62 bits per heavy atom. The number of likely N-dealkylation sites (tertiary alicyclic amines) is 1. The molecular weight excluding hydrogens is 304 g/mol. The molecule has 1 aromatic carbocycles. The molecule has 2 unspecified atom stereocenters. The summed E-state index contributed by atoms with van der Waals surface area (Å²) in [5.74, 6) is 0.238. The SMILES string of the molecule is O=C(CCCc1n[nH]c(=O)c2ccccc12)N1CC2CCC(C1)N2. The van der Waals surface area contributed by atoms with Gasteiger partial charge < -0.3 is 10.2 Å². The third-order valence-electron chi connectivity index (χ3n) is 5.15. The third-order valence-corrected chi connectivity index (χ3v) is 5.15. The van der Waals surface area contributed by atoms with Gasteiger partial charge in [-0.1, -0.05) is 18.2 Å². The van der Waals surface area contributed by atoms with Gasteiger partial charge in [-0.25, -0.2) is 5.10 Å².